The summed E-state index contributed by atoms with van der Waals surface area (Å²) in [6.45, 7) is 3.86. The van der Waals surface area contributed by atoms with Gasteiger partial charge in [-0.1, -0.05) is 48.0 Å². The zero-order valence-electron chi connectivity index (χ0n) is 7.88. The lowest BCUT2D eigenvalue weighted by Gasteiger charge is -2.05. The Hall–Kier alpha value is -0.630. The van der Waals surface area contributed by atoms with Crippen LogP contribution in [-0.2, 0) is 11.2 Å². The molecule has 0 saturated carbocycles. The zero-order chi connectivity index (χ0) is 9.84. The molecule has 1 rings (SSSR count). The largest absolute Gasteiger partial charge is 0.299 e. The first-order valence-corrected chi connectivity index (χ1v) is 5.16. The molecule has 2 heteroatoms. The maximum atomic E-state index is 11.4. The number of benzene rings is 1. The summed E-state index contributed by atoms with van der Waals surface area (Å²) in [6, 6.07) is 7.84. The summed E-state index contributed by atoms with van der Waals surface area (Å²) in [7, 11) is 0. The molecule has 0 unspecified atom stereocenters. The van der Waals surface area contributed by atoms with Gasteiger partial charge in [-0.2, -0.15) is 0 Å². The Morgan fingerprint density at radius 3 is 2.54 bits per heavy atom. The number of carbonyl (C=O) groups excluding carboxylic acids is 1. The summed E-state index contributed by atoms with van der Waals surface area (Å²) < 4.78 is 1.02. The number of ketones is 1. The molecule has 0 spiro atoms. The van der Waals surface area contributed by atoms with Crippen LogP contribution in [0.25, 0.3) is 0 Å². The van der Waals surface area contributed by atoms with Crippen LogP contribution in [0.2, 0.25) is 0 Å². The molecule has 1 aromatic rings. The van der Waals surface area contributed by atoms with Crippen molar-refractivity contribution in [1.82, 2.24) is 0 Å². The highest BCUT2D eigenvalue weighted by molar-refractivity contribution is 9.10. The van der Waals surface area contributed by atoms with Gasteiger partial charge in [-0.15, -0.1) is 0 Å². The molecule has 13 heavy (non-hydrogen) atoms. The second-order valence-electron chi connectivity index (χ2n) is 3.39. The van der Waals surface area contributed by atoms with Gasteiger partial charge in [0.25, 0.3) is 0 Å². The van der Waals surface area contributed by atoms with E-state index in [0.717, 1.165) is 10.0 Å². The number of hydrogen-bond donors (Lipinski definition) is 0. The van der Waals surface area contributed by atoms with Crippen molar-refractivity contribution in [2.75, 3.05) is 0 Å². The molecule has 1 nitrogen and oxygen atoms in total. The van der Waals surface area contributed by atoms with Crippen molar-refractivity contribution < 1.29 is 4.79 Å². The number of hydrogen-bond acceptors (Lipinski definition) is 1. The van der Waals surface area contributed by atoms with Crippen LogP contribution in [0.4, 0.5) is 0 Å². The quantitative estimate of drug-likeness (QED) is 0.794. The molecule has 0 atom stereocenters. The Balaban J connectivity index is 2.75. The van der Waals surface area contributed by atoms with Gasteiger partial charge < -0.3 is 0 Å². The summed E-state index contributed by atoms with van der Waals surface area (Å²) in [5.74, 6) is 0.402. The van der Waals surface area contributed by atoms with Crippen LogP contribution in [0.3, 0.4) is 0 Å². The summed E-state index contributed by atoms with van der Waals surface area (Å²) >= 11 is 3.42. The van der Waals surface area contributed by atoms with Crippen molar-refractivity contribution in [3.05, 3.63) is 34.3 Å². The van der Waals surface area contributed by atoms with Crippen molar-refractivity contribution in [2.24, 2.45) is 5.92 Å². The maximum absolute atomic E-state index is 11.4. The lowest BCUT2D eigenvalue weighted by molar-refractivity contribution is -0.121. The molecule has 0 aliphatic carbocycles. The van der Waals surface area contributed by atoms with Crippen molar-refractivity contribution in [3.8, 4) is 0 Å². The monoisotopic (exact) mass is 240 g/mol. The fourth-order valence-electron chi connectivity index (χ4n) is 1.03. The van der Waals surface area contributed by atoms with E-state index in [9.17, 15) is 4.79 Å². The van der Waals surface area contributed by atoms with Crippen molar-refractivity contribution in [2.45, 2.75) is 20.3 Å². The Bertz CT molecular complexity index is 305. The molecule has 0 aliphatic heterocycles. The maximum Gasteiger partial charge on any atom is 0.139 e. The van der Waals surface area contributed by atoms with Crippen molar-refractivity contribution in [3.63, 3.8) is 0 Å². The molecule has 0 aliphatic rings. The van der Waals surface area contributed by atoms with Gasteiger partial charge in [-0.25, -0.2) is 0 Å². The van der Waals surface area contributed by atoms with E-state index in [1.165, 1.54) is 0 Å². The lowest BCUT2D eigenvalue weighted by Crippen LogP contribution is -2.10. The summed E-state index contributed by atoms with van der Waals surface area (Å²) in [6.07, 6.45) is 0.527. The molecule has 0 aromatic heterocycles. The molecule has 0 amide bonds. The fraction of sp³-hybridized carbons (Fsp3) is 0.364. The summed E-state index contributed by atoms with van der Waals surface area (Å²) in [4.78, 5) is 11.4. The standard InChI is InChI=1S/C11H13BrO/c1-8(2)11(13)7-9-5-3-4-6-10(9)12/h3-6,8H,7H2,1-2H3. The molecule has 1 aromatic carbocycles. The second kappa shape index (κ2) is 4.56. The van der Waals surface area contributed by atoms with Crippen LogP contribution in [0.5, 0.6) is 0 Å². The van der Waals surface area contributed by atoms with Crippen LogP contribution in [-0.4, -0.2) is 5.78 Å². The molecule has 0 bridgehead atoms. The average Bonchev–Trinajstić information content (AvgIpc) is 2.08. The number of rotatable bonds is 3. The minimum absolute atomic E-state index is 0.118. The molecule has 70 valence electrons. The molecule has 0 saturated heterocycles. The van der Waals surface area contributed by atoms with E-state index < -0.39 is 0 Å². The van der Waals surface area contributed by atoms with Gasteiger partial charge in [-0.3, -0.25) is 4.79 Å². The van der Waals surface area contributed by atoms with Crippen LogP contribution < -0.4 is 0 Å². The van der Waals surface area contributed by atoms with Gasteiger partial charge in [0.05, 0.1) is 0 Å². The minimum atomic E-state index is 0.118. The third kappa shape index (κ3) is 2.96. The van der Waals surface area contributed by atoms with Gasteiger partial charge in [0.15, 0.2) is 0 Å². The highest BCUT2D eigenvalue weighted by atomic mass is 79.9. The third-order valence-corrected chi connectivity index (χ3v) is 2.74. The van der Waals surface area contributed by atoms with Crippen LogP contribution in [0.1, 0.15) is 19.4 Å². The van der Waals surface area contributed by atoms with E-state index in [1.807, 2.05) is 38.1 Å². The van der Waals surface area contributed by atoms with Crippen molar-refractivity contribution in [1.29, 1.82) is 0 Å². The summed E-state index contributed by atoms with van der Waals surface area (Å²) in [5, 5.41) is 0. The Labute approximate surface area is 87.3 Å². The summed E-state index contributed by atoms with van der Waals surface area (Å²) in [5.41, 5.74) is 1.07. The van der Waals surface area contributed by atoms with E-state index in [4.69, 9.17) is 0 Å². The Morgan fingerprint density at radius 1 is 1.38 bits per heavy atom. The highest BCUT2D eigenvalue weighted by Gasteiger charge is 2.09. The van der Waals surface area contributed by atoms with Crippen LogP contribution in [0.15, 0.2) is 28.7 Å². The molecule has 0 radical (unpaired) electrons. The second-order valence-corrected chi connectivity index (χ2v) is 4.24. The van der Waals surface area contributed by atoms with Crippen LogP contribution in [0, 0.1) is 5.92 Å². The van der Waals surface area contributed by atoms with E-state index in [0.29, 0.717) is 6.42 Å². The first-order chi connectivity index (χ1) is 6.11. The topological polar surface area (TPSA) is 17.1 Å². The van der Waals surface area contributed by atoms with Gasteiger partial charge in [0, 0.05) is 16.8 Å². The van der Waals surface area contributed by atoms with Gasteiger partial charge in [-0.05, 0) is 11.6 Å². The normalized spacial score (nSPS) is 10.5. The minimum Gasteiger partial charge on any atom is -0.299 e. The third-order valence-electron chi connectivity index (χ3n) is 1.97. The van der Waals surface area contributed by atoms with E-state index >= 15 is 0 Å². The predicted molar refractivity (Wildman–Crippen MR) is 57.7 cm³/mol. The van der Waals surface area contributed by atoms with Crippen LogP contribution >= 0.6 is 15.9 Å². The predicted octanol–water partition coefficient (Wildman–Crippen LogP) is 3.22. The fourth-order valence-corrected chi connectivity index (χ4v) is 1.46. The van der Waals surface area contributed by atoms with Gasteiger partial charge >= 0.3 is 0 Å². The number of carbonyl (C=O) groups is 1. The smallest absolute Gasteiger partial charge is 0.139 e. The Morgan fingerprint density at radius 2 is 2.00 bits per heavy atom. The Kier molecular flexibility index (Phi) is 3.67. The number of halogens is 1. The van der Waals surface area contributed by atoms with Gasteiger partial charge in [0.2, 0.25) is 0 Å². The van der Waals surface area contributed by atoms with E-state index in [-0.39, 0.29) is 11.7 Å². The van der Waals surface area contributed by atoms with Gasteiger partial charge in [0.1, 0.15) is 5.78 Å². The molecular weight excluding hydrogens is 228 g/mol. The molecular formula is C11H13BrO. The average molecular weight is 241 g/mol. The molecule has 0 N–H and O–H groups in total. The molecule has 0 fully saturated rings. The van der Waals surface area contributed by atoms with Crippen molar-refractivity contribution >= 4 is 21.7 Å². The van der Waals surface area contributed by atoms with E-state index in [1.54, 1.807) is 0 Å². The van der Waals surface area contributed by atoms with E-state index in [2.05, 4.69) is 15.9 Å². The highest BCUT2D eigenvalue weighted by Crippen LogP contribution is 2.17. The number of Topliss-reactive ketones (excluding diaryl/α,β-unsaturated/α-hetero) is 1. The first kappa shape index (κ1) is 10.5. The lowest BCUT2D eigenvalue weighted by atomic mass is 10.0. The zero-order valence-corrected chi connectivity index (χ0v) is 9.47. The SMILES string of the molecule is CC(C)C(=O)Cc1ccccc1Br. The molecule has 0 heterocycles. The first-order valence-electron chi connectivity index (χ1n) is 4.37.